The van der Waals surface area contributed by atoms with Gasteiger partial charge in [0.2, 0.25) is 0 Å². The lowest BCUT2D eigenvalue weighted by molar-refractivity contribution is -0.130. The van der Waals surface area contributed by atoms with E-state index in [1.807, 2.05) is 73.0 Å². The lowest BCUT2D eigenvalue weighted by atomic mass is 9.93. The van der Waals surface area contributed by atoms with Crippen LogP contribution in [0.4, 0.5) is 0 Å². The first-order chi connectivity index (χ1) is 14.1. The van der Waals surface area contributed by atoms with Gasteiger partial charge in [0.1, 0.15) is 0 Å². The first-order valence-corrected chi connectivity index (χ1v) is 11.3. The summed E-state index contributed by atoms with van der Waals surface area (Å²) in [5.41, 5.74) is 3.50. The van der Waals surface area contributed by atoms with Crippen molar-refractivity contribution in [3.8, 4) is 0 Å². The standard InChI is InChI=1S/C24H20BrNO2S/c1-29-20-13-7-16(8-14-20)15-26-22(18-9-11-19(25)12-10-18)21(23(27)24(26)28)17-5-3-2-4-6-17/h2-14,22,27H,15H2,1H3/t22-/m0/s1. The third kappa shape index (κ3) is 3.98. The third-order valence-electron chi connectivity index (χ3n) is 5.09. The molecule has 29 heavy (non-hydrogen) atoms. The maximum absolute atomic E-state index is 13.1. The summed E-state index contributed by atoms with van der Waals surface area (Å²) >= 11 is 5.16. The number of rotatable bonds is 5. The summed E-state index contributed by atoms with van der Waals surface area (Å²) in [5.74, 6) is -0.518. The molecule has 0 spiro atoms. The fourth-order valence-corrected chi connectivity index (χ4v) is 4.32. The summed E-state index contributed by atoms with van der Waals surface area (Å²) in [4.78, 5) is 16.0. The minimum atomic E-state index is -0.349. The van der Waals surface area contributed by atoms with Crippen LogP contribution in [0.15, 0.2) is 94.0 Å². The van der Waals surface area contributed by atoms with Gasteiger partial charge >= 0.3 is 0 Å². The zero-order chi connectivity index (χ0) is 20.4. The van der Waals surface area contributed by atoms with Crippen LogP contribution in [0.2, 0.25) is 0 Å². The number of carbonyl (C=O) groups excluding carboxylic acids is 1. The molecular formula is C24H20BrNO2S. The molecular weight excluding hydrogens is 446 g/mol. The predicted octanol–water partition coefficient (Wildman–Crippen LogP) is 6.22. The first-order valence-electron chi connectivity index (χ1n) is 9.26. The number of carbonyl (C=O) groups is 1. The van der Waals surface area contributed by atoms with Gasteiger partial charge in [-0.2, -0.15) is 0 Å². The highest BCUT2D eigenvalue weighted by molar-refractivity contribution is 9.10. The normalized spacial score (nSPS) is 16.6. The van der Waals surface area contributed by atoms with Crippen LogP contribution in [-0.4, -0.2) is 22.2 Å². The van der Waals surface area contributed by atoms with E-state index in [4.69, 9.17) is 0 Å². The van der Waals surface area contributed by atoms with E-state index >= 15 is 0 Å². The number of aliphatic hydroxyl groups excluding tert-OH is 1. The Morgan fingerprint density at radius 3 is 2.24 bits per heavy atom. The molecule has 1 N–H and O–H groups in total. The number of hydrogen-bond donors (Lipinski definition) is 1. The van der Waals surface area contributed by atoms with E-state index in [0.29, 0.717) is 12.1 Å². The van der Waals surface area contributed by atoms with Gasteiger partial charge in [-0.25, -0.2) is 0 Å². The molecule has 1 atom stereocenters. The number of amides is 1. The van der Waals surface area contributed by atoms with E-state index in [1.165, 1.54) is 4.90 Å². The fourth-order valence-electron chi connectivity index (χ4n) is 3.65. The molecule has 1 aliphatic heterocycles. The smallest absolute Gasteiger partial charge is 0.290 e. The van der Waals surface area contributed by atoms with E-state index in [9.17, 15) is 9.90 Å². The summed E-state index contributed by atoms with van der Waals surface area (Å²) in [6, 6.07) is 25.4. The molecule has 0 aliphatic carbocycles. The van der Waals surface area contributed by atoms with Gasteiger partial charge in [-0.05, 0) is 47.2 Å². The molecule has 0 fully saturated rings. The Morgan fingerprint density at radius 2 is 1.62 bits per heavy atom. The second-order valence-corrected chi connectivity index (χ2v) is 8.66. The molecule has 1 heterocycles. The maximum Gasteiger partial charge on any atom is 0.290 e. The highest BCUT2D eigenvalue weighted by Crippen LogP contribution is 2.43. The Morgan fingerprint density at radius 1 is 0.966 bits per heavy atom. The van der Waals surface area contributed by atoms with E-state index < -0.39 is 0 Å². The van der Waals surface area contributed by atoms with Crippen molar-refractivity contribution in [3.63, 3.8) is 0 Å². The lowest BCUT2D eigenvalue weighted by Gasteiger charge is -2.27. The van der Waals surface area contributed by atoms with Crippen molar-refractivity contribution in [2.45, 2.75) is 17.5 Å². The quantitative estimate of drug-likeness (QED) is 0.454. The van der Waals surface area contributed by atoms with Crippen LogP contribution in [0.1, 0.15) is 22.7 Å². The van der Waals surface area contributed by atoms with Gasteiger partial charge in [-0.3, -0.25) is 4.79 Å². The Kier molecular flexibility index (Phi) is 5.79. The summed E-state index contributed by atoms with van der Waals surface area (Å²) < 4.78 is 0.972. The van der Waals surface area contributed by atoms with Crippen LogP contribution in [-0.2, 0) is 11.3 Å². The number of halogens is 1. The monoisotopic (exact) mass is 465 g/mol. The molecule has 3 aromatic carbocycles. The van der Waals surface area contributed by atoms with Gasteiger partial charge in [0.15, 0.2) is 5.76 Å². The summed E-state index contributed by atoms with van der Waals surface area (Å²) in [6.07, 6.45) is 2.04. The third-order valence-corrected chi connectivity index (χ3v) is 6.36. The molecule has 1 amide bonds. The molecule has 5 heteroatoms. The Labute approximate surface area is 183 Å². The highest BCUT2D eigenvalue weighted by atomic mass is 79.9. The second kappa shape index (κ2) is 8.47. The topological polar surface area (TPSA) is 40.5 Å². The van der Waals surface area contributed by atoms with Gasteiger partial charge in [-0.15, -0.1) is 11.8 Å². The van der Waals surface area contributed by atoms with Gasteiger partial charge in [0.25, 0.3) is 5.91 Å². The molecule has 0 radical (unpaired) electrons. The predicted molar refractivity (Wildman–Crippen MR) is 122 cm³/mol. The van der Waals surface area contributed by atoms with Crippen LogP contribution in [0.5, 0.6) is 0 Å². The van der Waals surface area contributed by atoms with Crippen LogP contribution >= 0.6 is 27.7 Å². The number of thioether (sulfide) groups is 1. The minimum Gasteiger partial charge on any atom is -0.503 e. The van der Waals surface area contributed by atoms with E-state index in [2.05, 4.69) is 28.1 Å². The van der Waals surface area contributed by atoms with Gasteiger partial charge in [-0.1, -0.05) is 70.5 Å². The molecule has 0 aromatic heterocycles. The van der Waals surface area contributed by atoms with Gasteiger partial charge in [0, 0.05) is 21.5 Å². The lowest BCUT2D eigenvalue weighted by Crippen LogP contribution is -2.29. The van der Waals surface area contributed by atoms with Crippen molar-refractivity contribution in [2.24, 2.45) is 0 Å². The van der Waals surface area contributed by atoms with Crippen LogP contribution in [0.25, 0.3) is 5.57 Å². The summed E-state index contributed by atoms with van der Waals surface area (Å²) in [5, 5.41) is 10.8. The highest BCUT2D eigenvalue weighted by Gasteiger charge is 2.40. The van der Waals surface area contributed by atoms with Crippen molar-refractivity contribution >= 4 is 39.2 Å². The Balaban J connectivity index is 1.77. The van der Waals surface area contributed by atoms with Gasteiger partial charge < -0.3 is 10.0 Å². The van der Waals surface area contributed by atoms with Crippen molar-refractivity contribution < 1.29 is 9.90 Å². The molecule has 3 aromatic rings. The average Bonchev–Trinajstić information content (AvgIpc) is 3.00. The molecule has 0 saturated carbocycles. The zero-order valence-electron chi connectivity index (χ0n) is 15.9. The average molecular weight is 466 g/mol. The van der Waals surface area contributed by atoms with Crippen molar-refractivity contribution in [3.05, 3.63) is 106 Å². The molecule has 146 valence electrons. The zero-order valence-corrected chi connectivity index (χ0v) is 18.3. The molecule has 1 aliphatic rings. The van der Waals surface area contributed by atoms with Crippen LogP contribution in [0.3, 0.4) is 0 Å². The van der Waals surface area contributed by atoms with Gasteiger partial charge in [0.05, 0.1) is 6.04 Å². The summed E-state index contributed by atoms with van der Waals surface area (Å²) in [7, 11) is 0. The first kappa shape index (κ1) is 19.8. The minimum absolute atomic E-state index is 0.176. The Bertz CT molecular complexity index is 1050. The number of nitrogens with zero attached hydrogens (tertiary/aromatic N) is 1. The van der Waals surface area contributed by atoms with Crippen LogP contribution < -0.4 is 0 Å². The molecule has 3 nitrogen and oxygen atoms in total. The van der Waals surface area contributed by atoms with Crippen molar-refractivity contribution in [1.29, 1.82) is 0 Å². The fraction of sp³-hybridized carbons (Fsp3) is 0.125. The number of hydrogen-bond acceptors (Lipinski definition) is 3. The van der Waals surface area contributed by atoms with E-state index in [0.717, 1.165) is 21.2 Å². The number of benzene rings is 3. The maximum atomic E-state index is 13.1. The van der Waals surface area contributed by atoms with Crippen molar-refractivity contribution in [2.75, 3.05) is 6.26 Å². The van der Waals surface area contributed by atoms with Crippen molar-refractivity contribution in [1.82, 2.24) is 4.90 Å². The van der Waals surface area contributed by atoms with E-state index in [-0.39, 0.29) is 17.7 Å². The SMILES string of the molecule is CSc1ccc(CN2C(=O)C(O)=C(c3ccccc3)[C@@H]2c2ccc(Br)cc2)cc1. The molecule has 0 unspecified atom stereocenters. The largest absolute Gasteiger partial charge is 0.503 e. The Hall–Kier alpha value is -2.50. The molecule has 0 bridgehead atoms. The molecule has 4 rings (SSSR count). The molecule has 0 saturated heterocycles. The van der Waals surface area contributed by atoms with Crippen LogP contribution in [0, 0.1) is 0 Å². The summed E-state index contributed by atoms with van der Waals surface area (Å²) in [6.45, 7) is 0.425. The number of aliphatic hydroxyl groups is 1. The second-order valence-electron chi connectivity index (χ2n) is 6.86. The van der Waals surface area contributed by atoms with E-state index in [1.54, 1.807) is 16.7 Å².